The molecule has 0 unspecified atom stereocenters. The van der Waals surface area contributed by atoms with Gasteiger partial charge in [-0.1, -0.05) is 15.9 Å². The lowest BCUT2D eigenvalue weighted by Crippen LogP contribution is -2.15. The summed E-state index contributed by atoms with van der Waals surface area (Å²) in [6.07, 6.45) is 0. The summed E-state index contributed by atoms with van der Waals surface area (Å²) in [7, 11) is 3.96. The standard InChI is InChI=1S/C16H18BrN3O/c1-10-8-12(20(2)3)5-7-15(10)19-16(21)13-9-11(17)4-6-14(13)18/h4-9H,18H2,1-3H3,(H,19,21). The lowest BCUT2D eigenvalue weighted by molar-refractivity contribution is 0.102. The highest BCUT2D eigenvalue weighted by Gasteiger charge is 2.12. The zero-order valence-corrected chi connectivity index (χ0v) is 13.9. The van der Waals surface area contributed by atoms with Crippen LogP contribution in [0.3, 0.4) is 0 Å². The number of nitrogens with one attached hydrogen (secondary N) is 1. The van der Waals surface area contributed by atoms with Crippen molar-refractivity contribution < 1.29 is 4.79 Å². The molecule has 5 heteroatoms. The maximum Gasteiger partial charge on any atom is 0.257 e. The van der Waals surface area contributed by atoms with Gasteiger partial charge in [0.2, 0.25) is 0 Å². The number of rotatable bonds is 3. The van der Waals surface area contributed by atoms with Gasteiger partial charge in [-0.05, 0) is 48.9 Å². The molecule has 3 N–H and O–H groups in total. The quantitative estimate of drug-likeness (QED) is 0.833. The molecule has 0 radical (unpaired) electrons. The van der Waals surface area contributed by atoms with Gasteiger partial charge in [0.15, 0.2) is 0 Å². The molecule has 0 spiro atoms. The molecule has 0 heterocycles. The van der Waals surface area contributed by atoms with E-state index in [1.165, 1.54) is 0 Å². The number of amides is 1. The number of nitrogens with two attached hydrogens (primary N) is 1. The summed E-state index contributed by atoms with van der Waals surface area (Å²) in [5.41, 5.74) is 9.65. The fourth-order valence-electron chi connectivity index (χ4n) is 1.98. The molecule has 110 valence electrons. The third-order valence-corrected chi connectivity index (χ3v) is 3.73. The van der Waals surface area contributed by atoms with Crippen molar-refractivity contribution in [2.75, 3.05) is 30.0 Å². The van der Waals surface area contributed by atoms with Crippen LogP contribution in [0.5, 0.6) is 0 Å². The number of benzene rings is 2. The van der Waals surface area contributed by atoms with E-state index in [9.17, 15) is 4.79 Å². The first-order valence-electron chi connectivity index (χ1n) is 6.53. The molecule has 4 nitrogen and oxygen atoms in total. The normalized spacial score (nSPS) is 10.3. The van der Waals surface area contributed by atoms with Gasteiger partial charge < -0.3 is 16.0 Å². The first-order chi connectivity index (χ1) is 9.88. The van der Waals surface area contributed by atoms with Crippen LogP contribution in [0, 0.1) is 6.92 Å². The average molecular weight is 348 g/mol. The highest BCUT2D eigenvalue weighted by molar-refractivity contribution is 9.10. The van der Waals surface area contributed by atoms with E-state index in [0.717, 1.165) is 21.4 Å². The van der Waals surface area contributed by atoms with Crippen molar-refractivity contribution in [3.63, 3.8) is 0 Å². The Bertz CT molecular complexity index is 683. The van der Waals surface area contributed by atoms with Gasteiger partial charge in [0, 0.05) is 35.6 Å². The van der Waals surface area contributed by atoms with E-state index in [1.54, 1.807) is 12.1 Å². The SMILES string of the molecule is Cc1cc(N(C)C)ccc1NC(=O)c1cc(Br)ccc1N. The third-order valence-electron chi connectivity index (χ3n) is 3.23. The summed E-state index contributed by atoms with van der Waals surface area (Å²) in [6.45, 7) is 1.97. The van der Waals surface area contributed by atoms with Gasteiger partial charge in [-0.2, -0.15) is 0 Å². The van der Waals surface area contributed by atoms with Gasteiger partial charge in [-0.25, -0.2) is 0 Å². The minimum atomic E-state index is -0.213. The molecule has 2 rings (SSSR count). The summed E-state index contributed by atoms with van der Waals surface area (Å²) in [5, 5.41) is 2.90. The maximum atomic E-state index is 12.3. The van der Waals surface area contributed by atoms with Crippen LogP contribution < -0.4 is 16.0 Å². The molecule has 21 heavy (non-hydrogen) atoms. The molecule has 1 amide bonds. The Hall–Kier alpha value is -2.01. The molecule has 0 atom stereocenters. The summed E-state index contributed by atoms with van der Waals surface area (Å²) in [6, 6.07) is 11.1. The van der Waals surface area contributed by atoms with Crippen molar-refractivity contribution in [1.82, 2.24) is 0 Å². The van der Waals surface area contributed by atoms with Crippen LogP contribution in [0.4, 0.5) is 17.1 Å². The fourth-order valence-corrected chi connectivity index (χ4v) is 2.34. The predicted octanol–water partition coefficient (Wildman–Crippen LogP) is 3.66. The van der Waals surface area contributed by atoms with Gasteiger partial charge in [0.05, 0.1) is 5.56 Å². The molecule has 2 aromatic rings. The van der Waals surface area contributed by atoms with E-state index in [-0.39, 0.29) is 5.91 Å². The second-order valence-electron chi connectivity index (χ2n) is 5.08. The number of hydrogen-bond acceptors (Lipinski definition) is 3. The number of nitrogens with zero attached hydrogens (tertiary/aromatic N) is 1. The van der Waals surface area contributed by atoms with Crippen molar-refractivity contribution in [2.45, 2.75) is 6.92 Å². The monoisotopic (exact) mass is 347 g/mol. The highest BCUT2D eigenvalue weighted by atomic mass is 79.9. The Morgan fingerprint density at radius 3 is 2.52 bits per heavy atom. The molecule has 0 saturated carbocycles. The van der Waals surface area contributed by atoms with Gasteiger partial charge in [0.25, 0.3) is 5.91 Å². The number of carbonyl (C=O) groups is 1. The van der Waals surface area contributed by atoms with Crippen LogP contribution in [-0.2, 0) is 0 Å². The van der Waals surface area contributed by atoms with Gasteiger partial charge in [0.1, 0.15) is 0 Å². The Morgan fingerprint density at radius 1 is 1.19 bits per heavy atom. The molecule has 2 aromatic carbocycles. The molecule has 0 bridgehead atoms. The van der Waals surface area contributed by atoms with E-state index in [0.29, 0.717) is 11.3 Å². The van der Waals surface area contributed by atoms with Gasteiger partial charge in [-0.15, -0.1) is 0 Å². The smallest absolute Gasteiger partial charge is 0.257 e. The summed E-state index contributed by atoms with van der Waals surface area (Å²) < 4.78 is 0.821. The van der Waals surface area contributed by atoms with Gasteiger partial charge >= 0.3 is 0 Å². The van der Waals surface area contributed by atoms with Gasteiger partial charge in [-0.3, -0.25) is 4.79 Å². The first-order valence-corrected chi connectivity index (χ1v) is 7.32. The largest absolute Gasteiger partial charge is 0.398 e. The number of carbonyl (C=O) groups excluding carboxylic acids is 1. The van der Waals surface area contributed by atoms with Crippen LogP contribution in [-0.4, -0.2) is 20.0 Å². The second-order valence-corrected chi connectivity index (χ2v) is 6.00. The van der Waals surface area contributed by atoms with Crippen molar-refractivity contribution in [3.05, 3.63) is 52.0 Å². The van der Waals surface area contributed by atoms with E-state index < -0.39 is 0 Å². The molecular weight excluding hydrogens is 330 g/mol. The molecular formula is C16H18BrN3O. The van der Waals surface area contributed by atoms with Crippen LogP contribution in [0.25, 0.3) is 0 Å². The lowest BCUT2D eigenvalue weighted by atomic mass is 10.1. The van der Waals surface area contributed by atoms with Crippen LogP contribution >= 0.6 is 15.9 Å². The number of hydrogen-bond donors (Lipinski definition) is 2. The van der Waals surface area contributed by atoms with Crippen molar-refractivity contribution in [1.29, 1.82) is 0 Å². The van der Waals surface area contributed by atoms with Crippen LogP contribution in [0.1, 0.15) is 15.9 Å². The van der Waals surface area contributed by atoms with E-state index in [2.05, 4.69) is 21.2 Å². The third kappa shape index (κ3) is 3.55. The van der Waals surface area contributed by atoms with Crippen molar-refractivity contribution in [2.24, 2.45) is 0 Å². The van der Waals surface area contributed by atoms with Crippen molar-refractivity contribution in [3.8, 4) is 0 Å². The Balaban J connectivity index is 2.25. The minimum absolute atomic E-state index is 0.213. The summed E-state index contributed by atoms with van der Waals surface area (Å²) >= 11 is 3.35. The fraction of sp³-hybridized carbons (Fsp3) is 0.188. The lowest BCUT2D eigenvalue weighted by Gasteiger charge is -2.16. The summed E-state index contributed by atoms with van der Waals surface area (Å²) in [4.78, 5) is 14.4. The zero-order valence-electron chi connectivity index (χ0n) is 12.3. The molecule has 0 aromatic heterocycles. The molecule has 0 fully saturated rings. The van der Waals surface area contributed by atoms with Crippen LogP contribution in [0.15, 0.2) is 40.9 Å². The molecule has 0 aliphatic carbocycles. The minimum Gasteiger partial charge on any atom is -0.398 e. The number of aryl methyl sites for hydroxylation is 1. The molecule has 0 saturated heterocycles. The predicted molar refractivity (Wildman–Crippen MR) is 92.0 cm³/mol. The Morgan fingerprint density at radius 2 is 1.90 bits per heavy atom. The highest BCUT2D eigenvalue weighted by Crippen LogP contribution is 2.24. The summed E-state index contributed by atoms with van der Waals surface area (Å²) in [5.74, 6) is -0.213. The Kier molecular flexibility index (Phi) is 4.53. The number of nitrogen functional groups attached to an aromatic ring is 1. The first kappa shape index (κ1) is 15.4. The Labute approximate surface area is 133 Å². The van der Waals surface area contributed by atoms with Crippen LogP contribution in [0.2, 0.25) is 0 Å². The topological polar surface area (TPSA) is 58.4 Å². The van der Waals surface area contributed by atoms with E-state index >= 15 is 0 Å². The molecule has 0 aliphatic heterocycles. The number of halogens is 1. The average Bonchev–Trinajstić information content (AvgIpc) is 2.43. The van der Waals surface area contributed by atoms with E-state index in [1.807, 2.05) is 50.2 Å². The zero-order chi connectivity index (χ0) is 15.6. The van der Waals surface area contributed by atoms with Crippen molar-refractivity contribution >= 4 is 38.9 Å². The maximum absolute atomic E-state index is 12.3. The van der Waals surface area contributed by atoms with E-state index in [4.69, 9.17) is 5.73 Å². The number of anilines is 3. The molecule has 0 aliphatic rings. The second kappa shape index (κ2) is 6.18.